The smallest absolute Gasteiger partial charge is 0.244 e. The molecular weight excluding hydrogens is 432 g/mol. The molecule has 6 nitrogen and oxygen atoms in total. The molecule has 0 aliphatic heterocycles. The average Bonchev–Trinajstić information content (AvgIpc) is 3.35. The number of aryl methyl sites for hydroxylation is 2. The van der Waals surface area contributed by atoms with Crippen molar-refractivity contribution in [1.82, 2.24) is 4.98 Å². The second-order valence-electron chi connectivity index (χ2n) is 7.50. The van der Waals surface area contributed by atoms with Gasteiger partial charge in [0.05, 0.1) is 28.8 Å². The largest absolute Gasteiger partial charge is 0.467 e. The van der Waals surface area contributed by atoms with Gasteiger partial charge in [-0.25, -0.2) is 13.4 Å². The highest BCUT2D eigenvalue weighted by atomic mass is 32.2. The summed E-state index contributed by atoms with van der Waals surface area (Å²) in [4.78, 5) is 19.2. The number of anilines is 1. The van der Waals surface area contributed by atoms with Gasteiger partial charge < -0.3 is 4.42 Å². The average molecular weight is 455 g/mol. The van der Waals surface area contributed by atoms with Crippen LogP contribution in [0.15, 0.2) is 65.3 Å². The molecule has 160 valence electrons. The van der Waals surface area contributed by atoms with Crippen molar-refractivity contribution in [2.24, 2.45) is 0 Å². The molecule has 0 bridgehead atoms. The van der Waals surface area contributed by atoms with E-state index in [1.54, 1.807) is 36.4 Å². The van der Waals surface area contributed by atoms with Crippen LogP contribution >= 0.6 is 11.3 Å². The Hall–Kier alpha value is -2.97. The number of furan rings is 1. The predicted molar refractivity (Wildman–Crippen MR) is 123 cm³/mol. The van der Waals surface area contributed by atoms with Gasteiger partial charge in [0.2, 0.25) is 5.91 Å². The third kappa shape index (κ3) is 5.03. The summed E-state index contributed by atoms with van der Waals surface area (Å²) in [7, 11) is -3.66. The van der Waals surface area contributed by atoms with Gasteiger partial charge in [-0.2, -0.15) is 0 Å². The molecule has 4 aromatic rings. The molecular formula is C23H22N2O4S2. The highest BCUT2D eigenvalue weighted by Gasteiger charge is 2.26. The van der Waals surface area contributed by atoms with Gasteiger partial charge in [0.15, 0.2) is 15.0 Å². The van der Waals surface area contributed by atoms with E-state index in [4.69, 9.17) is 4.42 Å². The molecule has 0 spiro atoms. The molecule has 8 heteroatoms. The lowest BCUT2D eigenvalue weighted by Gasteiger charge is -2.18. The van der Waals surface area contributed by atoms with Gasteiger partial charge in [-0.3, -0.25) is 9.69 Å². The number of aromatic nitrogens is 1. The lowest BCUT2D eigenvalue weighted by molar-refractivity contribution is -0.116. The zero-order valence-corrected chi connectivity index (χ0v) is 18.9. The molecule has 4 rings (SSSR count). The summed E-state index contributed by atoms with van der Waals surface area (Å²) in [6.07, 6.45) is 1.52. The fourth-order valence-corrected chi connectivity index (χ4v) is 5.81. The Kier molecular flexibility index (Phi) is 5.93. The van der Waals surface area contributed by atoms with E-state index in [0.717, 1.165) is 21.3 Å². The summed E-state index contributed by atoms with van der Waals surface area (Å²) in [5.74, 6) is -0.759. The molecule has 2 heterocycles. The van der Waals surface area contributed by atoms with E-state index >= 15 is 0 Å². The van der Waals surface area contributed by atoms with Crippen LogP contribution in [0.3, 0.4) is 0 Å². The molecule has 0 radical (unpaired) electrons. The zero-order valence-electron chi connectivity index (χ0n) is 17.2. The standard InChI is InChI=1S/C23H22N2O4S2/c1-16-11-17(2)22-20(12-16)24-23(30-22)25(13-19-9-6-10-29-19)21(26)15-31(27,28)14-18-7-4-3-5-8-18/h3-12H,13-15H2,1-2H3. The van der Waals surface area contributed by atoms with Crippen LogP contribution in [-0.4, -0.2) is 25.1 Å². The lowest BCUT2D eigenvalue weighted by atomic mass is 10.1. The molecule has 0 N–H and O–H groups in total. The predicted octanol–water partition coefficient (Wildman–Crippen LogP) is 4.65. The van der Waals surface area contributed by atoms with E-state index in [9.17, 15) is 13.2 Å². The van der Waals surface area contributed by atoms with Crippen LogP contribution in [-0.2, 0) is 26.9 Å². The molecule has 0 saturated heterocycles. The van der Waals surface area contributed by atoms with Gasteiger partial charge in [0.1, 0.15) is 11.5 Å². The Morgan fingerprint density at radius 3 is 2.58 bits per heavy atom. The SMILES string of the molecule is Cc1cc(C)c2sc(N(Cc3ccco3)C(=O)CS(=O)(=O)Cc3ccccc3)nc2c1. The van der Waals surface area contributed by atoms with E-state index in [1.807, 2.05) is 26.0 Å². The number of hydrogen-bond donors (Lipinski definition) is 0. The van der Waals surface area contributed by atoms with Crippen LogP contribution in [0.25, 0.3) is 10.2 Å². The quantitative estimate of drug-likeness (QED) is 0.406. The third-order valence-corrected chi connectivity index (χ3v) is 7.50. The van der Waals surface area contributed by atoms with E-state index < -0.39 is 21.5 Å². The first-order valence-corrected chi connectivity index (χ1v) is 12.4. The van der Waals surface area contributed by atoms with Crippen LogP contribution in [0.4, 0.5) is 5.13 Å². The van der Waals surface area contributed by atoms with Crippen LogP contribution in [0, 0.1) is 13.8 Å². The van der Waals surface area contributed by atoms with Crippen molar-refractivity contribution in [2.45, 2.75) is 26.1 Å². The molecule has 2 aromatic heterocycles. The van der Waals surface area contributed by atoms with E-state index in [2.05, 4.69) is 11.1 Å². The van der Waals surface area contributed by atoms with Gasteiger partial charge in [0, 0.05) is 0 Å². The fraction of sp³-hybridized carbons (Fsp3) is 0.217. The number of rotatable bonds is 7. The summed E-state index contributed by atoms with van der Waals surface area (Å²) in [5.41, 5.74) is 3.60. The van der Waals surface area contributed by atoms with Crippen molar-refractivity contribution >= 4 is 42.4 Å². The molecule has 0 fully saturated rings. The van der Waals surface area contributed by atoms with Crippen LogP contribution in [0.5, 0.6) is 0 Å². The summed E-state index contributed by atoms with van der Waals surface area (Å²) < 4.78 is 31.9. The van der Waals surface area contributed by atoms with Crippen molar-refractivity contribution in [3.8, 4) is 0 Å². The van der Waals surface area contributed by atoms with E-state index in [0.29, 0.717) is 16.5 Å². The minimum atomic E-state index is -3.66. The number of hydrogen-bond acceptors (Lipinski definition) is 6. The maximum Gasteiger partial charge on any atom is 0.244 e. The molecule has 1 amide bonds. The van der Waals surface area contributed by atoms with Gasteiger partial charge in [-0.05, 0) is 48.7 Å². The van der Waals surface area contributed by atoms with E-state index in [1.165, 1.54) is 22.5 Å². The molecule has 0 unspecified atom stereocenters. The molecule has 0 aliphatic rings. The minimum absolute atomic E-state index is 0.116. The summed E-state index contributed by atoms with van der Waals surface area (Å²) >= 11 is 1.38. The van der Waals surface area contributed by atoms with Crippen LogP contribution in [0.1, 0.15) is 22.5 Å². The monoisotopic (exact) mass is 454 g/mol. The summed E-state index contributed by atoms with van der Waals surface area (Å²) in [5, 5.41) is 0.458. The van der Waals surface area contributed by atoms with E-state index in [-0.39, 0.29) is 12.3 Å². The maximum atomic E-state index is 13.2. The first-order valence-electron chi connectivity index (χ1n) is 9.75. The van der Waals surface area contributed by atoms with Gasteiger partial charge >= 0.3 is 0 Å². The highest BCUT2D eigenvalue weighted by molar-refractivity contribution is 7.91. The van der Waals surface area contributed by atoms with Crippen LogP contribution in [0.2, 0.25) is 0 Å². The second kappa shape index (κ2) is 8.64. The van der Waals surface area contributed by atoms with Gasteiger partial charge in [0.25, 0.3) is 0 Å². The van der Waals surface area contributed by atoms with Crippen molar-refractivity contribution in [2.75, 3.05) is 10.7 Å². The van der Waals surface area contributed by atoms with Crippen molar-refractivity contribution in [3.05, 3.63) is 83.3 Å². The normalized spacial score (nSPS) is 11.7. The Morgan fingerprint density at radius 1 is 1.10 bits per heavy atom. The topological polar surface area (TPSA) is 80.5 Å². The number of benzene rings is 2. The second-order valence-corrected chi connectivity index (χ2v) is 10.5. The molecule has 0 saturated carbocycles. The van der Waals surface area contributed by atoms with Crippen LogP contribution < -0.4 is 4.90 Å². The molecule has 31 heavy (non-hydrogen) atoms. The first-order chi connectivity index (χ1) is 14.8. The number of fused-ring (bicyclic) bond motifs is 1. The van der Waals surface area contributed by atoms with Crippen molar-refractivity contribution in [1.29, 1.82) is 0 Å². The Balaban J connectivity index is 1.65. The number of nitrogens with zero attached hydrogens (tertiary/aromatic N) is 2. The number of carbonyl (C=O) groups is 1. The summed E-state index contributed by atoms with van der Waals surface area (Å²) in [6.45, 7) is 4.11. The molecule has 0 atom stereocenters. The Labute approximate surface area is 185 Å². The number of thiazole rings is 1. The zero-order chi connectivity index (χ0) is 22.0. The Morgan fingerprint density at radius 2 is 1.87 bits per heavy atom. The highest BCUT2D eigenvalue weighted by Crippen LogP contribution is 2.33. The molecule has 0 aliphatic carbocycles. The third-order valence-electron chi connectivity index (χ3n) is 4.81. The Bertz CT molecular complexity index is 1310. The maximum absolute atomic E-state index is 13.2. The summed E-state index contributed by atoms with van der Waals surface area (Å²) in [6, 6.07) is 16.4. The first kappa shape index (κ1) is 21.3. The number of carbonyl (C=O) groups excluding carboxylic acids is 1. The molecule has 2 aromatic carbocycles. The van der Waals surface area contributed by atoms with Crippen molar-refractivity contribution < 1.29 is 17.6 Å². The minimum Gasteiger partial charge on any atom is -0.467 e. The number of sulfone groups is 1. The fourth-order valence-electron chi connectivity index (χ4n) is 3.45. The van der Waals surface area contributed by atoms with Gasteiger partial charge in [-0.15, -0.1) is 0 Å². The van der Waals surface area contributed by atoms with Crippen molar-refractivity contribution in [3.63, 3.8) is 0 Å². The number of amides is 1. The van der Waals surface area contributed by atoms with Gasteiger partial charge in [-0.1, -0.05) is 47.7 Å². The lowest BCUT2D eigenvalue weighted by Crippen LogP contribution is -2.35.